The first-order valence-corrected chi connectivity index (χ1v) is 24.0. The third-order valence-electron chi connectivity index (χ3n) is 11.8. The summed E-state index contributed by atoms with van der Waals surface area (Å²) in [5.74, 6) is 2.74. The van der Waals surface area contributed by atoms with Crippen LogP contribution in [0.5, 0.6) is 11.5 Å². The predicted octanol–water partition coefficient (Wildman–Crippen LogP) is 13.9. The standard InChI is InChI=1S/2C28H26Cl2N2O3/c2*1-17-14-23(30)10-13-25(17)28(21-6-8-22(29)9-7-21)31-27(33)15-20-4-11-24(12-5-20)34-16-26-18(2)32-35-19(26)3/h2*4-14,28H,15-16H2,1-3H3,(H,31,33)/t2*28-/m10/s1. The molecule has 2 aromatic heterocycles. The van der Waals surface area contributed by atoms with Gasteiger partial charge in [0.15, 0.2) is 0 Å². The van der Waals surface area contributed by atoms with Crippen LogP contribution in [0, 0.1) is 41.5 Å². The zero-order chi connectivity index (χ0) is 49.9. The lowest BCUT2D eigenvalue weighted by Crippen LogP contribution is -2.31. The molecule has 0 aliphatic rings. The molecule has 0 radical (unpaired) electrons. The number of rotatable bonds is 16. The van der Waals surface area contributed by atoms with Gasteiger partial charge in [0.1, 0.15) is 36.2 Å². The third kappa shape index (κ3) is 13.8. The van der Waals surface area contributed by atoms with Gasteiger partial charge >= 0.3 is 0 Å². The average molecular weight is 1020 g/mol. The molecule has 8 rings (SSSR count). The van der Waals surface area contributed by atoms with Crippen LogP contribution in [0.25, 0.3) is 0 Å². The molecule has 0 spiro atoms. The topological polar surface area (TPSA) is 129 Å². The summed E-state index contributed by atoms with van der Waals surface area (Å²) in [7, 11) is 0. The smallest absolute Gasteiger partial charge is 0.225 e. The molecule has 14 heteroatoms. The molecule has 6 aromatic carbocycles. The van der Waals surface area contributed by atoms with E-state index in [0.717, 1.165) is 78.5 Å². The predicted molar refractivity (Wildman–Crippen MR) is 276 cm³/mol. The first kappa shape index (κ1) is 51.3. The molecule has 0 aliphatic carbocycles. The number of ether oxygens (including phenoxy) is 2. The van der Waals surface area contributed by atoms with Crippen LogP contribution in [0.2, 0.25) is 20.1 Å². The van der Waals surface area contributed by atoms with Gasteiger partial charge in [0, 0.05) is 20.1 Å². The molecule has 2 atom stereocenters. The summed E-state index contributed by atoms with van der Waals surface area (Å²) in [6, 6.07) is 40.7. The molecule has 2 heterocycles. The Bertz CT molecular complexity index is 2800. The fraction of sp³-hybridized carbons (Fsp3) is 0.214. The average Bonchev–Trinajstić information content (AvgIpc) is 3.84. The second-order valence-electron chi connectivity index (χ2n) is 16.9. The van der Waals surface area contributed by atoms with Gasteiger partial charge in [0.25, 0.3) is 0 Å². The van der Waals surface area contributed by atoms with Gasteiger partial charge in [0.2, 0.25) is 11.8 Å². The van der Waals surface area contributed by atoms with Crippen LogP contribution in [0.3, 0.4) is 0 Å². The highest BCUT2D eigenvalue weighted by molar-refractivity contribution is 6.31. The quantitative estimate of drug-likeness (QED) is 0.0979. The second-order valence-corrected chi connectivity index (χ2v) is 18.7. The minimum absolute atomic E-state index is 0.0938. The Hall–Kier alpha value is -6.56. The SMILES string of the molecule is Cc1cc(Cl)ccc1[C@@H](NC(=O)Cc1ccc(OCc2c(C)noc2C)cc1)c1ccc(Cl)cc1.Cc1cc(Cl)ccc1[C@H](NC(=O)Cc1ccc(OCc2c(C)noc2C)cc1)c1ccc(Cl)cc1. The van der Waals surface area contributed by atoms with Crippen LogP contribution in [0.4, 0.5) is 0 Å². The lowest BCUT2D eigenvalue weighted by atomic mass is 9.94. The summed E-state index contributed by atoms with van der Waals surface area (Å²) in [6.07, 6.45) is 0.474. The maximum absolute atomic E-state index is 13.0. The Morgan fingerprint density at radius 2 is 0.829 bits per heavy atom. The maximum atomic E-state index is 13.0. The molecular formula is C56H52Cl4N4O6. The van der Waals surface area contributed by atoms with Crippen molar-refractivity contribution in [1.29, 1.82) is 0 Å². The lowest BCUT2D eigenvalue weighted by molar-refractivity contribution is -0.121. The van der Waals surface area contributed by atoms with E-state index in [1.807, 2.05) is 175 Å². The van der Waals surface area contributed by atoms with Crippen LogP contribution in [-0.2, 0) is 35.6 Å². The summed E-state index contributed by atoms with van der Waals surface area (Å²) >= 11 is 24.5. The molecule has 0 aliphatic heterocycles. The van der Waals surface area contributed by atoms with Crippen molar-refractivity contribution in [2.45, 2.75) is 79.7 Å². The van der Waals surface area contributed by atoms with E-state index in [1.165, 1.54) is 0 Å². The van der Waals surface area contributed by atoms with Crippen LogP contribution in [0.1, 0.15) is 90.6 Å². The number of hydrogen-bond donors (Lipinski definition) is 2. The van der Waals surface area contributed by atoms with E-state index in [9.17, 15) is 9.59 Å². The summed E-state index contributed by atoms with van der Waals surface area (Å²) in [6.45, 7) is 12.2. The van der Waals surface area contributed by atoms with E-state index in [4.69, 9.17) is 64.9 Å². The van der Waals surface area contributed by atoms with Crippen LogP contribution < -0.4 is 20.1 Å². The number of carbonyl (C=O) groups excluding carboxylic acids is 2. The number of carbonyl (C=O) groups is 2. The number of hydrogen-bond acceptors (Lipinski definition) is 8. The van der Waals surface area contributed by atoms with E-state index in [2.05, 4.69) is 20.9 Å². The molecule has 0 unspecified atom stereocenters. The Morgan fingerprint density at radius 1 is 0.486 bits per heavy atom. The largest absolute Gasteiger partial charge is 0.489 e. The van der Waals surface area contributed by atoms with Crippen molar-refractivity contribution in [2.75, 3.05) is 0 Å². The number of aromatic nitrogens is 2. The second kappa shape index (κ2) is 23.8. The van der Waals surface area contributed by atoms with Crippen molar-refractivity contribution in [2.24, 2.45) is 0 Å². The molecule has 360 valence electrons. The summed E-state index contributed by atoms with van der Waals surface area (Å²) in [4.78, 5) is 26.1. The minimum atomic E-state index is -0.324. The van der Waals surface area contributed by atoms with E-state index < -0.39 is 0 Å². The number of benzene rings is 6. The van der Waals surface area contributed by atoms with Gasteiger partial charge in [-0.15, -0.1) is 0 Å². The monoisotopic (exact) mass is 1020 g/mol. The third-order valence-corrected chi connectivity index (χ3v) is 12.8. The molecule has 0 saturated carbocycles. The van der Waals surface area contributed by atoms with Crippen LogP contribution in [-0.4, -0.2) is 22.1 Å². The Labute approximate surface area is 428 Å². The molecule has 2 amide bonds. The number of nitrogens with one attached hydrogen (secondary N) is 2. The molecule has 2 N–H and O–H groups in total. The van der Waals surface area contributed by atoms with Crippen molar-refractivity contribution in [3.05, 3.63) is 232 Å². The van der Waals surface area contributed by atoms with Gasteiger partial charge in [-0.05, 0) is 159 Å². The minimum Gasteiger partial charge on any atom is -0.489 e. The molecular weight excluding hydrogens is 966 g/mol. The number of halogens is 4. The molecule has 0 saturated heterocycles. The van der Waals surface area contributed by atoms with Crippen LogP contribution >= 0.6 is 46.4 Å². The first-order chi connectivity index (χ1) is 33.6. The maximum Gasteiger partial charge on any atom is 0.225 e. The fourth-order valence-electron chi connectivity index (χ4n) is 7.85. The zero-order valence-electron chi connectivity index (χ0n) is 39.5. The van der Waals surface area contributed by atoms with Gasteiger partial charge in [-0.2, -0.15) is 0 Å². The van der Waals surface area contributed by atoms with Crippen molar-refractivity contribution in [3.63, 3.8) is 0 Å². The van der Waals surface area contributed by atoms with E-state index >= 15 is 0 Å². The Morgan fingerprint density at radius 3 is 1.14 bits per heavy atom. The van der Waals surface area contributed by atoms with E-state index in [-0.39, 0.29) is 36.7 Å². The lowest BCUT2D eigenvalue weighted by Gasteiger charge is -2.22. The molecule has 0 fully saturated rings. The van der Waals surface area contributed by atoms with Crippen molar-refractivity contribution < 1.29 is 28.1 Å². The molecule has 70 heavy (non-hydrogen) atoms. The first-order valence-electron chi connectivity index (χ1n) is 22.5. The van der Waals surface area contributed by atoms with Gasteiger partial charge < -0.3 is 29.2 Å². The van der Waals surface area contributed by atoms with Gasteiger partial charge in [0.05, 0.1) is 47.4 Å². The summed E-state index contributed by atoms with van der Waals surface area (Å²) < 4.78 is 22.1. The van der Waals surface area contributed by atoms with Gasteiger partial charge in [-0.1, -0.05) is 117 Å². The number of aryl methyl sites for hydroxylation is 6. The van der Waals surface area contributed by atoms with Crippen molar-refractivity contribution >= 4 is 58.2 Å². The summed E-state index contributed by atoms with van der Waals surface area (Å²) in [5, 5.41) is 16.8. The fourth-order valence-corrected chi connectivity index (χ4v) is 8.55. The highest BCUT2D eigenvalue weighted by Crippen LogP contribution is 2.30. The van der Waals surface area contributed by atoms with E-state index in [0.29, 0.717) is 44.8 Å². The normalized spacial score (nSPS) is 11.8. The van der Waals surface area contributed by atoms with Crippen molar-refractivity contribution in [1.82, 2.24) is 20.9 Å². The van der Waals surface area contributed by atoms with Gasteiger partial charge in [-0.3, -0.25) is 9.59 Å². The Balaban J connectivity index is 0.000000206. The van der Waals surface area contributed by atoms with Gasteiger partial charge in [-0.25, -0.2) is 0 Å². The Kier molecular flexibility index (Phi) is 17.5. The molecule has 10 nitrogen and oxygen atoms in total. The molecule has 0 bridgehead atoms. The highest BCUT2D eigenvalue weighted by Gasteiger charge is 2.21. The number of nitrogens with zero attached hydrogens (tertiary/aromatic N) is 2. The summed E-state index contributed by atoms with van der Waals surface area (Å²) in [5.41, 5.74) is 11.1. The van der Waals surface area contributed by atoms with Crippen LogP contribution in [0.15, 0.2) is 143 Å². The molecule has 8 aromatic rings. The highest BCUT2D eigenvalue weighted by atomic mass is 35.5. The zero-order valence-corrected chi connectivity index (χ0v) is 42.6. The number of amides is 2. The van der Waals surface area contributed by atoms with E-state index in [1.54, 1.807) is 0 Å². The van der Waals surface area contributed by atoms with Crippen molar-refractivity contribution in [3.8, 4) is 11.5 Å².